The molecule has 0 amide bonds. The molecule has 0 aliphatic heterocycles. The molecule has 0 bridgehead atoms. The fraction of sp³-hybridized carbons (Fsp3) is 0.316. The average molecular weight is 370 g/mol. The molecule has 4 rings (SSSR count). The van der Waals surface area contributed by atoms with Crippen LogP contribution in [0.4, 0.5) is 0 Å². The van der Waals surface area contributed by atoms with Gasteiger partial charge in [-0.3, -0.25) is 0 Å². The fourth-order valence-electron chi connectivity index (χ4n) is 3.12. The first-order chi connectivity index (χ1) is 12.8. The van der Waals surface area contributed by atoms with Crippen molar-refractivity contribution in [1.82, 2.24) is 10.1 Å². The van der Waals surface area contributed by atoms with Crippen LogP contribution < -0.4 is 4.74 Å². The number of ether oxygens (including phenoxy) is 2. The third kappa shape index (κ3) is 3.22. The molecule has 0 saturated carbocycles. The highest BCUT2D eigenvalue weighted by atomic mass is 32.1. The molecule has 26 heavy (non-hydrogen) atoms. The molecule has 0 N–H and O–H groups in total. The Morgan fingerprint density at radius 2 is 2.12 bits per heavy atom. The molecule has 0 atom stereocenters. The van der Waals surface area contributed by atoms with Crippen molar-refractivity contribution in [3.05, 3.63) is 51.5 Å². The van der Waals surface area contributed by atoms with Crippen LogP contribution in [0, 0.1) is 0 Å². The molecule has 2 heterocycles. The van der Waals surface area contributed by atoms with Crippen molar-refractivity contribution in [2.45, 2.75) is 32.3 Å². The molecule has 7 heteroatoms. The molecule has 0 radical (unpaired) electrons. The van der Waals surface area contributed by atoms with Gasteiger partial charge in [-0.05, 0) is 43.4 Å². The van der Waals surface area contributed by atoms with Crippen LogP contribution in [0.2, 0.25) is 0 Å². The van der Waals surface area contributed by atoms with Gasteiger partial charge in [0.1, 0.15) is 5.75 Å². The van der Waals surface area contributed by atoms with Gasteiger partial charge in [-0.1, -0.05) is 17.3 Å². The lowest BCUT2D eigenvalue weighted by atomic mass is 9.96. The maximum absolute atomic E-state index is 12.4. The lowest BCUT2D eigenvalue weighted by molar-refractivity contribution is 0.0429. The predicted molar refractivity (Wildman–Crippen MR) is 96.4 cm³/mol. The summed E-state index contributed by atoms with van der Waals surface area (Å²) in [4.78, 5) is 18.0. The van der Waals surface area contributed by atoms with E-state index >= 15 is 0 Å². The summed E-state index contributed by atoms with van der Waals surface area (Å²) >= 11 is 1.64. The molecule has 0 saturated heterocycles. The zero-order valence-corrected chi connectivity index (χ0v) is 15.2. The van der Waals surface area contributed by atoms with Crippen molar-refractivity contribution in [2.75, 3.05) is 7.11 Å². The largest absolute Gasteiger partial charge is 0.496 e. The number of esters is 1. The minimum atomic E-state index is -0.332. The highest BCUT2D eigenvalue weighted by molar-refractivity contribution is 7.10. The number of aryl methyl sites for hydroxylation is 1. The zero-order chi connectivity index (χ0) is 17.9. The lowest BCUT2D eigenvalue weighted by Gasteiger charge is -2.11. The van der Waals surface area contributed by atoms with Crippen molar-refractivity contribution < 1.29 is 18.8 Å². The first-order valence-corrected chi connectivity index (χ1v) is 9.36. The predicted octanol–water partition coefficient (Wildman–Crippen LogP) is 4.04. The summed E-state index contributed by atoms with van der Waals surface area (Å²) in [6.45, 7) is -0.0500. The van der Waals surface area contributed by atoms with Crippen molar-refractivity contribution >= 4 is 17.3 Å². The number of methoxy groups -OCH3 is 1. The van der Waals surface area contributed by atoms with Gasteiger partial charge in [0.25, 0.3) is 5.89 Å². The van der Waals surface area contributed by atoms with Crippen molar-refractivity contribution in [2.24, 2.45) is 0 Å². The summed E-state index contributed by atoms with van der Waals surface area (Å²) in [5.41, 5.74) is 2.55. The summed E-state index contributed by atoms with van der Waals surface area (Å²) in [6.07, 6.45) is 4.31. The number of hydrogen-bond donors (Lipinski definition) is 0. The number of rotatable bonds is 5. The number of hydrogen-bond acceptors (Lipinski definition) is 7. The van der Waals surface area contributed by atoms with Gasteiger partial charge >= 0.3 is 5.97 Å². The minimum absolute atomic E-state index is 0.0500. The third-order valence-electron chi connectivity index (χ3n) is 4.42. The van der Waals surface area contributed by atoms with E-state index in [1.807, 2.05) is 29.6 Å². The number of nitrogens with zero attached hydrogens (tertiary/aromatic N) is 2. The van der Waals surface area contributed by atoms with E-state index in [0.29, 0.717) is 17.1 Å². The lowest BCUT2D eigenvalue weighted by Crippen LogP contribution is -2.09. The molecule has 6 nitrogen and oxygen atoms in total. The quantitative estimate of drug-likeness (QED) is 0.631. The smallest absolute Gasteiger partial charge is 0.339 e. The highest BCUT2D eigenvalue weighted by Crippen LogP contribution is 2.31. The summed E-state index contributed by atoms with van der Waals surface area (Å²) in [7, 11) is 1.59. The maximum atomic E-state index is 12.4. The number of benzene rings is 1. The Labute approximate surface area is 154 Å². The van der Waals surface area contributed by atoms with Gasteiger partial charge in [-0.15, -0.1) is 11.3 Å². The summed E-state index contributed by atoms with van der Waals surface area (Å²) in [5, 5.41) is 5.85. The van der Waals surface area contributed by atoms with Gasteiger partial charge in [-0.25, -0.2) is 4.79 Å². The molecule has 1 aliphatic carbocycles. The van der Waals surface area contributed by atoms with E-state index in [4.69, 9.17) is 14.0 Å². The monoisotopic (exact) mass is 370 g/mol. The van der Waals surface area contributed by atoms with Gasteiger partial charge in [-0.2, -0.15) is 4.98 Å². The first kappa shape index (κ1) is 16.8. The Bertz CT molecular complexity index is 931. The van der Waals surface area contributed by atoms with Crippen molar-refractivity contribution in [3.63, 3.8) is 0 Å². The Morgan fingerprint density at radius 1 is 1.27 bits per heavy atom. The molecule has 3 aromatic rings. The molecular formula is C19H18N2O4S. The van der Waals surface area contributed by atoms with E-state index in [2.05, 4.69) is 10.1 Å². The van der Waals surface area contributed by atoms with Crippen LogP contribution in [0.3, 0.4) is 0 Å². The van der Waals surface area contributed by atoms with E-state index in [1.165, 1.54) is 11.3 Å². The molecule has 0 unspecified atom stereocenters. The van der Waals surface area contributed by atoms with Crippen LogP contribution in [0.25, 0.3) is 11.4 Å². The number of para-hydroxylation sites is 1. The zero-order valence-electron chi connectivity index (χ0n) is 14.4. The minimum Gasteiger partial charge on any atom is -0.496 e. The number of carbonyl (C=O) groups excluding carboxylic acids is 1. The molecule has 2 aromatic heterocycles. The molecule has 134 valence electrons. The Hall–Kier alpha value is -2.67. The molecular weight excluding hydrogens is 352 g/mol. The van der Waals surface area contributed by atoms with Gasteiger partial charge in [0, 0.05) is 10.3 Å². The van der Waals surface area contributed by atoms with E-state index in [0.717, 1.165) is 30.4 Å². The van der Waals surface area contributed by atoms with Gasteiger partial charge in [0.2, 0.25) is 5.82 Å². The van der Waals surface area contributed by atoms with E-state index in [1.54, 1.807) is 18.4 Å². The number of carbonyl (C=O) groups is 1. The number of thiophene rings is 1. The standard InChI is InChI=1S/C19H18N2O4S/c1-23-15-8-4-2-7-13(15)18-20-17(25-21-18)10-24-19(22)14-11-26-16-9-5-3-6-12(14)16/h2,4,7-8,11H,3,5-6,9-10H2,1H3. The van der Waals surface area contributed by atoms with E-state index in [-0.39, 0.29) is 18.5 Å². The van der Waals surface area contributed by atoms with Crippen LogP contribution >= 0.6 is 11.3 Å². The van der Waals surface area contributed by atoms with Crippen LogP contribution in [-0.4, -0.2) is 23.2 Å². The van der Waals surface area contributed by atoms with Crippen LogP contribution in [0.15, 0.2) is 34.2 Å². The van der Waals surface area contributed by atoms with Crippen molar-refractivity contribution in [3.8, 4) is 17.1 Å². The second kappa shape index (κ2) is 7.29. The summed E-state index contributed by atoms with van der Waals surface area (Å²) in [6, 6.07) is 7.41. The molecule has 0 fully saturated rings. The normalized spacial score (nSPS) is 13.3. The third-order valence-corrected chi connectivity index (χ3v) is 5.51. The van der Waals surface area contributed by atoms with Gasteiger partial charge < -0.3 is 14.0 Å². The molecule has 1 aliphatic rings. The number of fused-ring (bicyclic) bond motifs is 1. The van der Waals surface area contributed by atoms with Crippen LogP contribution in [-0.2, 0) is 24.2 Å². The Kier molecular flexibility index (Phi) is 4.71. The highest BCUT2D eigenvalue weighted by Gasteiger charge is 2.22. The molecule has 0 spiro atoms. The number of aromatic nitrogens is 2. The molecule has 1 aromatic carbocycles. The Morgan fingerprint density at radius 3 is 3.00 bits per heavy atom. The van der Waals surface area contributed by atoms with Crippen LogP contribution in [0.5, 0.6) is 5.75 Å². The van der Waals surface area contributed by atoms with Crippen molar-refractivity contribution in [1.29, 1.82) is 0 Å². The van der Waals surface area contributed by atoms with Crippen LogP contribution in [0.1, 0.15) is 39.5 Å². The second-order valence-corrected chi connectivity index (χ2v) is 7.01. The topological polar surface area (TPSA) is 74.5 Å². The SMILES string of the molecule is COc1ccccc1-c1noc(COC(=O)c2csc3c2CCCC3)n1. The van der Waals surface area contributed by atoms with E-state index < -0.39 is 0 Å². The first-order valence-electron chi connectivity index (χ1n) is 8.48. The average Bonchev–Trinajstić information content (AvgIpc) is 3.33. The maximum Gasteiger partial charge on any atom is 0.339 e. The fourth-order valence-corrected chi connectivity index (χ4v) is 4.24. The summed E-state index contributed by atoms with van der Waals surface area (Å²) in [5.74, 6) is 0.980. The second-order valence-electron chi connectivity index (χ2n) is 6.05. The van der Waals surface area contributed by atoms with Gasteiger partial charge in [0.05, 0.1) is 18.2 Å². The van der Waals surface area contributed by atoms with E-state index in [9.17, 15) is 4.79 Å². The Balaban J connectivity index is 1.45. The van der Waals surface area contributed by atoms with Gasteiger partial charge in [0.15, 0.2) is 6.61 Å². The summed E-state index contributed by atoms with van der Waals surface area (Å²) < 4.78 is 15.9.